The zero-order valence-corrected chi connectivity index (χ0v) is 11.1. The Kier molecular flexibility index (Phi) is 3.54. The molecule has 102 valence electrons. The monoisotopic (exact) mass is 261 g/mol. The van der Waals surface area contributed by atoms with E-state index >= 15 is 0 Å². The van der Waals surface area contributed by atoms with Crippen LogP contribution in [-0.2, 0) is 0 Å². The molecule has 0 amide bonds. The second-order valence-corrected chi connectivity index (χ2v) is 5.74. The van der Waals surface area contributed by atoms with Crippen LogP contribution in [0.1, 0.15) is 48.9 Å². The first kappa shape index (κ1) is 12.6. The van der Waals surface area contributed by atoms with E-state index in [1.165, 1.54) is 31.7 Å². The fourth-order valence-electron chi connectivity index (χ4n) is 3.83. The lowest BCUT2D eigenvalue weighted by molar-refractivity contribution is 0.112. The number of hydrogen-bond donors (Lipinski definition) is 0. The van der Waals surface area contributed by atoms with Crippen molar-refractivity contribution in [3.63, 3.8) is 0 Å². The standard InChI is InChI=1S/C16H20FNO/c17-14-8-3-7-13(11-19)16(14)18-10-4-9-15(18)12-5-1-2-6-12/h3,7-8,11-12,15H,1-2,4-6,9-10H2. The predicted molar refractivity (Wildman–Crippen MR) is 74.1 cm³/mol. The van der Waals surface area contributed by atoms with Crippen molar-refractivity contribution in [3.8, 4) is 0 Å². The van der Waals surface area contributed by atoms with E-state index in [2.05, 4.69) is 4.90 Å². The molecule has 2 aliphatic rings. The highest BCUT2D eigenvalue weighted by Gasteiger charge is 2.35. The molecule has 1 saturated carbocycles. The summed E-state index contributed by atoms with van der Waals surface area (Å²) in [7, 11) is 0. The molecule has 0 radical (unpaired) electrons. The molecule has 0 spiro atoms. The average molecular weight is 261 g/mol. The number of anilines is 1. The fraction of sp³-hybridized carbons (Fsp3) is 0.562. The van der Waals surface area contributed by atoms with Gasteiger partial charge in [-0.3, -0.25) is 4.79 Å². The third kappa shape index (κ3) is 2.26. The van der Waals surface area contributed by atoms with Crippen molar-refractivity contribution in [2.75, 3.05) is 11.4 Å². The lowest BCUT2D eigenvalue weighted by Crippen LogP contribution is -2.35. The molecule has 1 atom stereocenters. The molecule has 1 saturated heterocycles. The summed E-state index contributed by atoms with van der Waals surface area (Å²) in [4.78, 5) is 13.3. The second-order valence-electron chi connectivity index (χ2n) is 5.74. The number of carbonyl (C=O) groups is 1. The van der Waals surface area contributed by atoms with Gasteiger partial charge in [0.05, 0.1) is 5.69 Å². The summed E-state index contributed by atoms with van der Waals surface area (Å²) in [5.41, 5.74) is 1.02. The van der Waals surface area contributed by atoms with Crippen molar-refractivity contribution >= 4 is 12.0 Å². The van der Waals surface area contributed by atoms with Gasteiger partial charge in [0, 0.05) is 18.2 Å². The van der Waals surface area contributed by atoms with E-state index in [1.54, 1.807) is 12.1 Å². The zero-order chi connectivity index (χ0) is 13.2. The Labute approximate surface area is 113 Å². The summed E-state index contributed by atoms with van der Waals surface area (Å²) in [5, 5.41) is 0. The molecule has 0 N–H and O–H groups in total. The third-order valence-corrected chi connectivity index (χ3v) is 4.68. The number of aldehydes is 1. The van der Waals surface area contributed by atoms with Gasteiger partial charge < -0.3 is 4.90 Å². The van der Waals surface area contributed by atoms with Crippen LogP contribution in [0.4, 0.5) is 10.1 Å². The van der Waals surface area contributed by atoms with Crippen LogP contribution in [0.5, 0.6) is 0 Å². The van der Waals surface area contributed by atoms with Crippen LogP contribution in [0.25, 0.3) is 0 Å². The van der Waals surface area contributed by atoms with E-state index in [4.69, 9.17) is 0 Å². The highest BCUT2D eigenvalue weighted by Crippen LogP contribution is 2.39. The Hall–Kier alpha value is -1.38. The summed E-state index contributed by atoms with van der Waals surface area (Å²) in [6, 6.07) is 5.23. The molecule has 0 aromatic heterocycles. The number of rotatable bonds is 3. The highest BCUT2D eigenvalue weighted by molar-refractivity contribution is 5.85. The van der Waals surface area contributed by atoms with Gasteiger partial charge in [0.2, 0.25) is 0 Å². The topological polar surface area (TPSA) is 20.3 Å². The molecule has 0 bridgehead atoms. The van der Waals surface area contributed by atoms with Crippen LogP contribution in [0.3, 0.4) is 0 Å². The van der Waals surface area contributed by atoms with Gasteiger partial charge in [0.1, 0.15) is 5.82 Å². The van der Waals surface area contributed by atoms with Crippen molar-refractivity contribution in [2.45, 2.75) is 44.6 Å². The van der Waals surface area contributed by atoms with Gasteiger partial charge >= 0.3 is 0 Å². The number of carbonyl (C=O) groups excluding carboxylic acids is 1. The maximum absolute atomic E-state index is 14.1. The number of benzene rings is 1. The Morgan fingerprint density at radius 1 is 1.16 bits per heavy atom. The normalized spacial score (nSPS) is 24.1. The fourth-order valence-corrected chi connectivity index (χ4v) is 3.83. The maximum atomic E-state index is 14.1. The summed E-state index contributed by atoms with van der Waals surface area (Å²) in [6.45, 7) is 0.878. The number of halogens is 1. The molecular weight excluding hydrogens is 241 g/mol. The lowest BCUT2D eigenvalue weighted by Gasteiger charge is -2.32. The van der Waals surface area contributed by atoms with Crippen LogP contribution in [0, 0.1) is 11.7 Å². The molecule has 3 rings (SSSR count). The molecule has 2 fully saturated rings. The van der Waals surface area contributed by atoms with Crippen molar-refractivity contribution in [1.29, 1.82) is 0 Å². The van der Waals surface area contributed by atoms with Crippen LogP contribution in [0.2, 0.25) is 0 Å². The molecular formula is C16H20FNO. The molecule has 1 unspecified atom stereocenters. The number of hydrogen-bond acceptors (Lipinski definition) is 2. The Morgan fingerprint density at radius 2 is 1.95 bits per heavy atom. The SMILES string of the molecule is O=Cc1cccc(F)c1N1CCCC1C1CCCC1. The number of nitrogens with zero attached hydrogens (tertiary/aromatic N) is 1. The highest BCUT2D eigenvalue weighted by atomic mass is 19.1. The van der Waals surface area contributed by atoms with Crippen LogP contribution < -0.4 is 4.90 Å². The molecule has 2 nitrogen and oxygen atoms in total. The van der Waals surface area contributed by atoms with Crippen molar-refractivity contribution in [1.82, 2.24) is 0 Å². The summed E-state index contributed by atoms with van der Waals surface area (Å²) in [5.74, 6) is 0.427. The molecule has 19 heavy (non-hydrogen) atoms. The van der Waals surface area contributed by atoms with E-state index < -0.39 is 0 Å². The molecule has 3 heteroatoms. The second kappa shape index (κ2) is 5.32. The van der Waals surface area contributed by atoms with Gasteiger partial charge in [0.15, 0.2) is 6.29 Å². The molecule has 1 aromatic carbocycles. The smallest absolute Gasteiger partial charge is 0.152 e. The van der Waals surface area contributed by atoms with E-state index in [0.717, 1.165) is 25.7 Å². The molecule has 1 aromatic rings. The average Bonchev–Trinajstić information content (AvgIpc) is 3.08. The molecule has 1 heterocycles. The minimum atomic E-state index is -0.255. The maximum Gasteiger partial charge on any atom is 0.152 e. The van der Waals surface area contributed by atoms with Crippen LogP contribution in [0.15, 0.2) is 18.2 Å². The van der Waals surface area contributed by atoms with Gasteiger partial charge in [-0.1, -0.05) is 18.9 Å². The first-order valence-electron chi connectivity index (χ1n) is 7.31. The van der Waals surface area contributed by atoms with Crippen molar-refractivity contribution in [2.24, 2.45) is 5.92 Å². The Morgan fingerprint density at radius 3 is 2.68 bits per heavy atom. The van der Waals surface area contributed by atoms with E-state index in [9.17, 15) is 9.18 Å². The minimum absolute atomic E-state index is 0.255. The first-order chi connectivity index (χ1) is 9.31. The zero-order valence-electron chi connectivity index (χ0n) is 11.1. The Balaban J connectivity index is 1.94. The lowest BCUT2D eigenvalue weighted by atomic mass is 9.95. The van der Waals surface area contributed by atoms with Gasteiger partial charge in [-0.2, -0.15) is 0 Å². The number of para-hydroxylation sites is 1. The summed E-state index contributed by atoms with van der Waals surface area (Å²) < 4.78 is 14.1. The van der Waals surface area contributed by atoms with E-state index in [-0.39, 0.29) is 5.82 Å². The molecule has 1 aliphatic heterocycles. The van der Waals surface area contributed by atoms with Gasteiger partial charge in [0.25, 0.3) is 0 Å². The minimum Gasteiger partial charge on any atom is -0.365 e. The summed E-state index contributed by atoms with van der Waals surface area (Å²) in [6.07, 6.45) is 8.13. The van der Waals surface area contributed by atoms with E-state index in [1.807, 2.05) is 0 Å². The molecule has 1 aliphatic carbocycles. The Bertz CT molecular complexity index is 468. The quantitative estimate of drug-likeness (QED) is 0.771. The van der Waals surface area contributed by atoms with Gasteiger partial charge in [-0.05, 0) is 43.7 Å². The van der Waals surface area contributed by atoms with Gasteiger partial charge in [-0.15, -0.1) is 0 Å². The third-order valence-electron chi connectivity index (χ3n) is 4.68. The van der Waals surface area contributed by atoms with Crippen LogP contribution >= 0.6 is 0 Å². The van der Waals surface area contributed by atoms with Crippen molar-refractivity contribution in [3.05, 3.63) is 29.6 Å². The van der Waals surface area contributed by atoms with Crippen molar-refractivity contribution < 1.29 is 9.18 Å². The largest absolute Gasteiger partial charge is 0.365 e. The van der Waals surface area contributed by atoms with E-state index in [0.29, 0.717) is 23.2 Å². The summed E-state index contributed by atoms with van der Waals surface area (Å²) >= 11 is 0. The first-order valence-corrected chi connectivity index (χ1v) is 7.31. The van der Waals surface area contributed by atoms with Gasteiger partial charge in [-0.25, -0.2) is 4.39 Å². The van der Waals surface area contributed by atoms with Crippen LogP contribution in [-0.4, -0.2) is 18.9 Å². The predicted octanol–water partition coefficient (Wildman–Crippen LogP) is 3.80.